The molecule has 0 unspecified atom stereocenters. The van der Waals surface area contributed by atoms with Crippen LogP contribution in [0.1, 0.15) is 25.3 Å². The molecule has 176 valence electrons. The van der Waals surface area contributed by atoms with E-state index in [1.165, 1.54) is 16.1 Å². The quantitative estimate of drug-likeness (QED) is 0.644. The highest BCUT2D eigenvalue weighted by Gasteiger charge is 2.38. The molecule has 1 aromatic carbocycles. The predicted molar refractivity (Wildman–Crippen MR) is 122 cm³/mol. The van der Waals surface area contributed by atoms with Crippen molar-refractivity contribution in [2.24, 2.45) is 0 Å². The van der Waals surface area contributed by atoms with Crippen molar-refractivity contribution in [1.82, 2.24) is 19.4 Å². The Balaban J connectivity index is 1.43. The standard InChI is InChI=1S/C22H33N5O4S/c1-17(28)27-20-6-5-19(32(30,31)26-8-3-4-9-26)15-18(20)16-21(27)22(29)23-7-10-25-13-11-24(2)12-14-25/h5-6,15,21H,3-4,7-14,16H2,1-2H3,(H,23,29)/t21-/m1/s1. The fraction of sp³-hybridized carbons (Fsp3) is 0.636. The third-order valence-corrected chi connectivity index (χ3v) is 8.60. The van der Waals surface area contributed by atoms with Gasteiger partial charge in [-0.05, 0) is 43.7 Å². The van der Waals surface area contributed by atoms with Crippen molar-refractivity contribution in [3.8, 4) is 0 Å². The molecule has 2 saturated heterocycles. The molecule has 1 aromatic rings. The van der Waals surface area contributed by atoms with Crippen LogP contribution >= 0.6 is 0 Å². The molecule has 3 aliphatic heterocycles. The molecule has 0 aromatic heterocycles. The van der Waals surface area contributed by atoms with Crippen molar-refractivity contribution in [3.05, 3.63) is 23.8 Å². The summed E-state index contributed by atoms with van der Waals surface area (Å²) in [6, 6.07) is 4.20. The van der Waals surface area contributed by atoms with Gasteiger partial charge in [-0.15, -0.1) is 0 Å². The number of piperazine rings is 1. The SMILES string of the molecule is CC(=O)N1c2ccc(S(=O)(=O)N3CCCC3)cc2C[C@@H]1C(=O)NCCN1CCN(C)CC1. The Morgan fingerprint density at radius 2 is 1.75 bits per heavy atom. The second-order valence-corrected chi connectivity index (χ2v) is 10.9. The van der Waals surface area contributed by atoms with Gasteiger partial charge >= 0.3 is 0 Å². The number of sulfonamides is 1. The number of likely N-dealkylation sites (N-methyl/N-ethyl adjacent to an activating group) is 1. The summed E-state index contributed by atoms with van der Waals surface area (Å²) in [7, 11) is -1.44. The van der Waals surface area contributed by atoms with Crippen LogP contribution in [0.4, 0.5) is 5.69 Å². The number of anilines is 1. The molecule has 0 radical (unpaired) electrons. The molecule has 9 nitrogen and oxygen atoms in total. The van der Waals surface area contributed by atoms with Gasteiger partial charge < -0.3 is 10.2 Å². The van der Waals surface area contributed by atoms with Crippen molar-refractivity contribution < 1.29 is 18.0 Å². The van der Waals surface area contributed by atoms with Crippen LogP contribution in [0.3, 0.4) is 0 Å². The van der Waals surface area contributed by atoms with Crippen LogP contribution in [0.2, 0.25) is 0 Å². The fourth-order valence-corrected chi connectivity index (χ4v) is 6.36. The molecular weight excluding hydrogens is 430 g/mol. The molecule has 3 heterocycles. The molecule has 0 aliphatic carbocycles. The zero-order valence-corrected chi connectivity index (χ0v) is 19.7. The lowest BCUT2D eigenvalue weighted by atomic mass is 10.1. The van der Waals surface area contributed by atoms with Gasteiger partial charge in [0.2, 0.25) is 21.8 Å². The molecule has 32 heavy (non-hydrogen) atoms. The number of amides is 2. The van der Waals surface area contributed by atoms with E-state index in [0.29, 0.717) is 31.7 Å². The number of fused-ring (bicyclic) bond motifs is 1. The van der Waals surface area contributed by atoms with Crippen LogP contribution in [0.5, 0.6) is 0 Å². The van der Waals surface area contributed by atoms with E-state index in [1.807, 2.05) is 0 Å². The molecule has 1 N–H and O–H groups in total. The molecule has 0 spiro atoms. The number of nitrogens with one attached hydrogen (secondary N) is 1. The van der Waals surface area contributed by atoms with Crippen LogP contribution in [0.15, 0.2) is 23.1 Å². The Kier molecular flexibility index (Phi) is 6.85. The number of rotatable bonds is 6. The maximum absolute atomic E-state index is 13.0. The van der Waals surface area contributed by atoms with Gasteiger partial charge in [0.25, 0.3) is 0 Å². The Bertz CT molecular complexity index is 969. The second kappa shape index (κ2) is 9.46. The van der Waals surface area contributed by atoms with E-state index in [9.17, 15) is 18.0 Å². The van der Waals surface area contributed by atoms with Gasteiger partial charge in [0, 0.05) is 71.4 Å². The summed E-state index contributed by atoms with van der Waals surface area (Å²) in [6.07, 6.45) is 2.07. The second-order valence-electron chi connectivity index (χ2n) is 8.95. The number of nitrogens with zero attached hydrogens (tertiary/aromatic N) is 4. The molecule has 4 rings (SSSR count). The average molecular weight is 464 g/mol. The van der Waals surface area contributed by atoms with E-state index in [1.54, 1.807) is 18.2 Å². The summed E-state index contributed by atoms with van der Waals surface area (Å²) >= 11 is 0. The first-order chi connectivity index (χ1) is 15.3. The molecular formula is C22H33N5O4S. The predicted octanol–water partition coefficient (Wildman–Crippen LogP) is 0.112. The summed E-state index contributed by atoms with van der Waals surface area (Å²) in [5.41, 5.74) is 1.34. The van der Waals surface area contributed by atoms with Crippen LogP contribution in [-0.2, 0) is 26.0 Å². The zero-order chi connectivity index (χ0) is 22.9. The minimum Gasteiger partial charge on any atom is -0.353 e. The largest absolute Gasteiger partial charge is 0.353 e. The Labute approximate surface area is 190 Å². The Hall–Kier alpha value is -2.01. The maximum Gasteiger partial charge on any atom is 0.243 e. The average Bonchev–Trinajstić information content (AvgIpc) is 3.43. The van der Waals surface area contributed by atoms with Gasteiger partial charge in [0.05, 0.1) is 4.90 Å². The van der Waals surface area contributed by atoms with E-state index >= 15 is 0 Å². The van der Waals surface area contributed by atoms with Crippen molar-refractivity contribution in [3.63, 3.8) is 0 Å². The summed E-state index contributed by atoms with van der Waals surface area (Å²) in [6.45, 7) is 7.82. The van der Waals surface area contributed by atoms with Gasteiger partial charge in [0.15, 0.2) is 0 Å². The topological polar surface area (TPSA) is 93.3 Å². The van der Waals surface area contributed by atoms with Gasteiger partial charge in [-0.2, -0.15) is 4.31 Å². The van der Waals surface area contributed by atoms with Crippen molar-refractivity contribution in [2.75, 3.05) is 64.3 Å². The van der Waals surface area contributed by atoms with Crippen LogP contribution < -0.4 is 10.2 Å². The van der Waals surface area contributed by atoms with E-state index in [0.717, 1.165) is 51.1 Å². The number of hydrogen-bond acceptors (Lipinski definition) is 6. The van der Waals surface area contributed by atoms with Crippen molar-refractivity contribution in [1.29, 1.82) is 0 Å². The lowest BCUT2D eigenvalue weighted by Crippen LogP contribution is -2.50. The first-order valence-corrected chi connectivity index (χ1v) is 12.8. The van der Waals surface area contributed by atoms with E-state index in [4.69, 9.17) is 0 Å². The lowest BCUT2D eigenvalue weighted by molar-refractivity contribution is -0.125. The summed E-state index contributed by atoms with van der Waals surface area (Å²) in [4.78, 5) is 31.7. The highest BCUT2D eigenvalue weighted by molar-refractivity contribution is 7.89. The minimum absolute atomic E-state index is 0.200. The Morgan fingerprint density at radius 3 is 2.41 bits per heavy atom. The third kappa shape index (κ3) is 4.68. The van der Waals surface area contributed by atoms with Crippen molar-refractivity contribution in [2.45, 2.75) is 37.1 Å². The molecule has 2 fully saturated rings. The number of benzene rings is 1. The normalized spacial score (nSPS) is 22.8. The van der Waals surface area contributed by atoms with Crippen molar-refractivity contribution >= 4 is 27.5 Å². The number of carbonyl (C=O) groups is 2. The number of carbonyl (C=O) groups excluding carboxylic acids is 2. The smallest absolute Gasteiger partial charge is 0.243 e. The summed E-state index contributed by atoms with van der Waals surface area (Å²) in [5, 5.41) is 2.98. The third-order valence-electron chi connectivity index (χ3n) is 6.70. The molecule has 1 atom stereocenters. The number of hydrogen-bond donors (Lipinski definition) is 1. The van der Waals surface area contributed by atoms with Crippen LogP contribution in [0, 0.1) is 0 Å². The molecule has 0 saturated carbocycles. The molecule has 3 aliphatic rings. The van der Waals surface area contributed by atoms with Gasteiger partial charge in [-0.25, -0.2) is 8.42 Å². The molecule has 2 amide bonds. The van der Waals surface area contributed by atoms with Gasteiger partial charge in [0.1, 0.15) is 6.04 Å². The van der Waals surface area contributed by atoms with Crippen LogP contribution in [0.25, 0.3) is 0 Å². The minimum atomic E-state index is -3.55. The van der Waals surface area contributed by atoms with E-state index in [2.05, 4.69) is 22.2 Å². The molecule has 0 bridgehead atoms. The monoisotopic (exact) mass is 463 g/mol. The highest BCUT2D eigenvalue weighted by atomic mass is 32.2. The van der Waals surface area contributed by atoms with Crippen LogP contribution in [-0.4, -0.2) is 99.8 Å². The highest BCUT2D eigenvalue weighted by Crippen LogP contribution is 2.35. The Morgan fingerprint density at radius 1 is 1.06 bits per heavy atom. The summed E-state index contributed by atoms with van der Waals surface area (Å²) in [5.74, 6) is -0.424. The van der Waals surface area contributed by atoms with E-state index < -0.39 is 16.1 Å². The summed E-state index contributed by atoms with van der Waals surface area (Å²) < 4.78 is 27.4. The first kappa shape index (κ1) is 23.2. The van der Waals surface area contributed by atoms with Gasteiger partial charge in [-0.3, -0.25) is 19.4 Å². The first-order valence-electron chi connectivity index (χ1n) is 11.4. The lowest BCUT2D eigenvalue weighted by Gasteiger charge is -2.32. The zero-order valence-electron chi connectivity index (χ0n) is 18.9. The maximum atomic E-state index is 13.0. The molecule has 10 heteroatoms. The van der Waals surface area contributed by atoms with E-state index in [-0.39, 0.29) is 16.7 Å². The van der Waals surface area contributed by atoms with Gasteiger partial charge in [-0.1, -0.05) is 0 Å². The fourth-order valence-electron chi connectivity index (χ4n) is 4.79.